The number of hydrogen-bond acceptors (Lipinski definition) is 5. The van der Waals surface area contributed by atoms with Crippen LogP contribution in [0.25, 0.3) is 0 Å². The molecule has 2 fully saturated rings. The molecule has 2 aliphatic heterocycles. The summed E-state index contributed by atoms with van der Waals surface area (Å²) in [6.45, 7) is 0.979. The van der Waals surface area contributed by atoms with Gasteiger partial charge in [0.25, 0.3) is 0 Å². The lowest BCUT2D eigenvalue weighted by atomic mass is 9.38. The fourth-order valence-corrected chi connectivity index (χ4v) is 7.61. The third-order valence-electron chi connectivity index (χ3n) is 8.53. The number of piperidine rings is 1. The molecule has 1 aromatic carbocycles. The van der Waals surface area contributed by atoms with Gasteiger partial charge in [0.1, 0.15) is 11.7 Å². The molecule has 1 aromatic rings. The van der Waals surface area contributed by atoms with Crippen LogP contribution in [-0.4, -0.2) is 65.7 Å². The van der Waals surface area contributed by atoms with E-state index in [0.29, 0.717) is 11.8 Å². The molecule has 1 saturated carbocycles. The molecule has 0 aromatic heterocycles. The van der Waals surface area contributed by atoms with Gasteiger partial charge in [0.05, 0.1) is 16.8 Å². The third-order valence-corrected chi connectivity index (χ3v) is 9.04. The minimum Gasteiger partial charge on any atom is -0.504 e. The van der Waals surface area contributed by atoms with E-state index in [4.69, 9.17) is 9.47 Å². The van der Waals surface area contributed by atoms with E-state index in [-0.39, 0.29) is 40.0 Å². The van der Waals surface area contributed by atoms with Crippen LogP contribution in [0.3, 0.4) is 0 Å². The summed E-state index contributed by atoms with van der Waals surface area (Å²) in [5.74, 6) is 0.774. The summed E-state index contributed by atoms with van der Waals surface area (Å²) in [4.78, 5) is 14.8. The number of phenols is 1. The fourth-order valence-electron chi connectivity index (χ4n) is 7.45. The molecule has 6 atom stereocenters. The molecule has 7 rings (SSSR count). The predicted octanol–water partition coefficient (Wildman–Crippen LogP) is 1.88. The summed E-state index contributed by atoms with van der Waals surface area (Å²) < 4.78 is 12.8. The van der Waals surface area contributed by atoms with Crippen LogP contribution in [-0.2, 0) is 21.4 Å². The van der Waals surface area contributed by atoms with E-state index < -0.39 is 5.60 Å². The quantitative estimate of drug-likeness (QED) is 0.532. The molecule has 1 saturated heterocycles. The number of rotatable bonds is 3. The summed E-state index contributed by atoms with van der Waals surface area (Å²) in [7, 11) is 3.91. The number of hydrogen-bond donors (Lipinski definition) is 2. The van der Waals surface area contributed by atoms with Gasteiger partial charge in [-0.05, 0) is 44.5 Å². The number of alkyl halides is 1. The normalized spacial score (nSPS) is 43.1. The Morgan fingerprint density at radius 3 is 3.03 bits per heavy atom. The van der Waals surface area contributed by atoms with E-state index in [9.17, 15) is 9.90 Å². The number of amides is 1. The molecule has 6 nitrogen and oxygen atoms in total. The molecule has 4 bridgehead atoms. The number of likely N-dealkylation sites (tertiary alicyclic amines) is 1. The Bertz CT molecular complexity index is 966. The van der Waals surface area contributed by atoms with E-state index in [1.54, 1.807) is 13.2 Å². The number of likely N-dealkylation sites (N-methyl/N-ethyl adjacent to an activating group) is 1. The van der Waals surface area contributed by atoms with Crippen molar-refractivity contribution in [1.29, 1.82) is 0 Å². The number of phenolic OH excluding ortho intramolecular Hbond substituents is 1. The maximum Gasteiger partial charge on any atom is 0.230 e. The molecule has 29 heavy (non-hydrogen) atoms. The number of ether oxygens (including phenoxy) is 2. The van der Waals surface area contributed by atoms with E-state index in [1.807, 2.05) is 0 Å². The van der Waals surface area contributed by atoms with Crippen molar-refractivity contribution < 1.29 is 19.4 Å². The lowest BCUT2D eigenvalue weighted by Gasteiger charge is -2.71. The molecule has 2 spiro atoms. The van der Waals surface area contributed by atoms with Crippen LogP contribution in [0.5, 0.6) is 11.5 Å². The number of fused-ring (bicyclic) bond motifs is 1. The SMILES string of the molecule is CO[C@]12C=C[C@@]3(C[C@@H]1NC(=O)CBr)C1Cc4ccc(O)c5c4C3(CCN1C)[C@H]2O5. The second-order valence-electron chi connectivity index (χ2n) is 9.26. The van der Waals surface area contributed by atoms with Crippen LogP contribution >= 0.6 is 15.9 Å². The molecule has 6 aliphatic rings. The lowest BCUT2D eigenvalue weighted by Crippen LogP contribution is -2.81. The van der Waals surface area contributed by atoms with Crippen molar-refractivity contribution in [3.63, 3.8) is 0 Å². The number of carbonyl (C=O) groups is 1. The van der Waals surface area contributed by atoms with Crippen molar-refractivity contribution in [2.75, 3.05) is 26.0 Å². The molecular weight excluding hydrogens is 436 g/mol. The van der Waals surface area contributed by atoms with Crippen molar-refractivity contribution in [2.45, 2.75) is 48.5 Å². The second-order valence-corrected chi connectivity index (χ2v) is 9.82. The number of benzene rings is 1. The number of nitrogens with one attached hydrogen (secondary N) is 1. The van der Waals surface area contributed by atoms with Crippen molar-refractivity contribution >= 4 is 21.8 Å². The van der Waals surface area contributed by atoms with Gasteiger partial charge in [0.2, 0.25) is 5.91 Å². The zero-order chi connectivity index (χ0) is 20.2. The number of methoxy groups -OCH3 is 1. The van der Waals surface area contributed by atoms with Gasteiger partial charge in [-0.2, -0.15) is 0 Å². The first-order chi connectivity index (χ1) is 13.9. The maximum absolute atomic E-state index is 12.4. The lowest BCUT2D eigenvalue weighted by molar-refractivity contribution is -0.200. The molecule has 0 radical (unpaired) electrons. The standard InChI is InChI=1S/C22H25BrN2O4/c1-25-8-7-21-17-12-3-4-13(26)18(17)29-19(21)22(28-2)6-5-20(21,15(25)9-12)10-14(22)24-16(27)11-23/h3-6,14-15,19,26H,7-11H2,1-2H3,(H,24,27)/t14-,15?,19+,20+,21?,22+/m0/s1. The second kappa shape index (κ2) is 5.56. The molecular formula is C22H25BrN2O4. The zero-order valence-electron chi connectivity index (χ0n) is 16.6. The largest absolute Gasteiger partial charge is 0.504 e. The average molecular weight is 461 g/mol. The number of aromatic hydroxyl groups is 1. The Balaban J connectivity index is 1.64. The number of carbonyl (C=O) groups excluding carboxylic acids is 1. The van der Waals surface area contributed by atoms with E-state index in [2.05, 4.69) is 51.4 Å². The first kappa shape index (κ1) is 18.2. The summed E-state index contributed by atoms with van der Waals surface area (Å²) in [5.41, 5.74) is 1.28. The fraction of sp³-hybridized carbons (Fsp3) is 0.591. The molecule has 2 heterocycles. The number of halogens is 1. The zero-order valence-corrected chi connectivity index (χ0v) is 18.2. The maximum atomic E-state index is 12.4. The minimum absolute atomic E-state index is 0.0498. The highest BCUT2D eigenvalue weighted by atomic mass is 79.9. The van der Waals surface area contributed by atoms with Gasteiger partial charge < -0.3 is 24.8 Å². The van der Waals surface area contributed by atoms with Gasteiger partial charge in [0, 0.05) is 24.1 Å². The summed E-state index contributed by atoms with van der Waals surface area (Å²) >= 11 is 3.28. The topological polar surface area (TPSA) is 71.0 Å². The average Bonchev–Trinajstić information content (AvgIpc) is 3.09. The van der Waals surface area contributed by atoms with E-state index in [1.165, 1.54) is 11.1 Å². The molecule has 2 unspecified atom stereocenters. The Labute approximate surface area is 178 Å². The molecule has 4 aliphatic carbocycles. The van der Waals surface area contributed by atoms with E-state index in [0.717, 1.165) is 25.8 Å². The highest BCUT2D eigenvalue weighted by Crippen LogP contribution is 2.73. The Kier molecular flexibility index (Phi) is 3.49. The van der Waals surface area contributed by atoms with Crippen molar-refractivity contribution in [3.05, 3.63) is 35.4 Å². The van der Waals surface area contributed by atoms with Crippen LogP contribution < -0.4 is 10.1 Å². The predicted molar refractivity (Wildman–Crippen MR) is 111 cm³/mol. The van der Waals surface area contributed by atoms with Gasteiger partial charge in [0.15, 0.2) is 11.5 Å². The molecule has 2 N–H and O–H groups in total. The summed E-state index contributed by atoms with van der Waals surface area (Å²) in [6.07, 6.45) is 6.88. The van der Waals surface area contributed by atoms with Crippen molar-refractivity contribution in [2.24, 2.45) is 5.41 Å². The van der Waals surface area contributed by atoms with Crippen LogP contribution in [0.1, 0.15) is 24.0 Å². The van der Waals surface area contributed by atoms with Gasteiger partial charge in [-0.15, -0.1) is 0 Å². The highest BCUT2D eigenvalue weighted by molar-refractivity contribution is 9.09. The monoisotopic (exact) mass is 460 g/mol. The van der Waals surface area contributed by atoms with Gasteiger partial charge in [-0.25, -0.2) is 0 Å². The Hall–Kier alpha value is -1.57. The van der Waals surface area contributed by atoms with Crippen molar-refractivity contribution in [3.8, 4) is 11.5 Å². The number of nitrogens with zero attached hydrogens (tertiary/aromatic N) is 1. The Morgan fingerprint density at radius 2 is 2.28 bits per heavy atom. The summed E-state index contributed by atoms with van der Waals surface area (Å²) in [6, 6.07) is 3.96. The molecule has 154 valence electrons. The van der Waals surface area contributed by atoms with E-state index >= 15 is 0 Å². The summed E-state index contributed by atoms with van der Waals surface area (Å²) in [5, 5.41) is 14.1. The van der Waals surface area contributed by atoms with Crippen LogP contribution in [0.4, 0.5) is 0 Å². The third kappa shape index (κ3) is 1.81. The highest BCUT2D eigenvalue weighted by Gasteiger charge is 2.79. The first-order valence-corrected chi connectivity index (χ1v) is 11.4. The smallest absolute Gasteiger partial charge is 0.230 e. The molecule has 7 heteroatoms. The van der Waals surface area contributed by atoms with Gasteiger partial charge >= 0.3 is 0 Å². The van der Waals surface area contributed by atoms with Gasteiger partial charge in [-0.1, -0.05) is 34.1 Å². The van der Waals surface area contributed by atoms with Gasteiger partial charge in [-0.3, -0.25) is 4.79 Å². The Morgan fingerprint density at radius 1 is 1.45 bits per heavy atom. The van der Waals surface area contributed by atoms with Crippen molar-refractivity contribution in [1.82, 2.24) is 10.2 Å². The molecule has 1 amide bonds. The van der Waals surface area contributed by atoms with Crippen LogP contribution in [0.2, 0.25) is 0 Å². The van der Waals surface area contributed by atoms with Crippen LogP contribution in [0.15, 0.2) is 24.3 Å². The minimum atomic E-state index is -0.764. The van der Waals surface area contributed by atoms with Crippen LogP contribution in [0, 0.1) is 5.41 Å². The first-order valence-electron chi connectivity index (χ1n) is 10.3.